The van der Waals surface area contributed by atoms with Crippen LogP contribution in [0.25, 0.3) is 0 Å². The minimum Gasteiger partial charge on any atom is -0.393 e. The first-order valence-corrected chi connectivity index (χ1v) is 9.96. The molecule has 5 rings (SSSR count). The Morgan fingerprint density at radius 1 is 1.12 bits per heavy atom. The molecule has 0 bridgehead atoms. The third-order valence-corrected chi connectivity index (χ3v) is 9.10. The normalized spacial score (nSPS) is 56.1. The summed E-state index contributed by atoms with van der Waals surface area (Å²) in [6.45, 7) is 5.15. The van der Waals surface area contributed by atoms with Gasteiger partial charge in [-0.05, 0) is 74.5 Å². The average Bonchev–Trinajstić information content (AvgIpc) is 2.89. The molecule has 132 valence electrons. The maximum Gasteiger partial charge on any atom is 0.190 e. The zero-order chi connectivity index (χ0) is 16.7. The zero-order valence-corrected chi connectivity index (χ0v) is 15.0. The van der Waals surface area contributed by atoms with Gasteiger partial charge in [0.2, 0.25) is 0 Å². The number of hydrogen-bond donors (Lipinski definition) is 1. The van der Waals surface area contributed by atoms with Gasteiger partial charge in [0.15, 0.2) is 5.78 Å². The summed E-state index contributed by atoms with van der Waals surface area (Å²) in [7, 11) is 0. The van der Waals surface area contributed by atoms with Crippen molar-refractivity contribution in [2.24, 2.45) is 28.6 Å². The third kappa shape index (κ3) is 1.64. The van der Waals surface area contributed by atoms with Crippen molar-refractivity contribution in [2.75, 3.05) is 6.61 Å². The van der Waals surface area contributed by atoms with Crippen molar-refractivity contribution in [3.8, 4) is 0 Å². The van der Waals surface area contributed by atoms with Gasteiger partial charge in [-0.3, -0.25) is 4.79 Å². The van der Waals surface area contributed by atoms with E-state index in [1.807, 2.05) is 0 Å². The number of allylic oxidation sites excluding steroid dienone is 1. The first-order valence-electron chi connectivity index (χ1n) is 9.96. The number of hydrogen-bond acceptors (Lipinski definition) is 3. The summed E-state index contributed by atoms with van der Waals surface area (Å²) >= 11 is 0. The fraction of sp³-hybridized carbons (Fsp3) is 0.857. The molecule has 3 saturated carbocycles. The topological polar surface area (TPSA) is 46.5 Å². The summed E-state index contributed by atoms with van der Waals surface area (Å²) in [5.41, 5.74) is 1.43. The fourth-order valence-electron chi connectivity index (χ4n) is 7.64. The molecule has 1 N–H and O–H groups in total. The van der Waals surface area contributed by atoms with E-state index in [0.29, 0.717) is 24.2 Å². The summed E-state index contributed by atoms with van der Waals surface area (Å²) in [4.78, 5) is 12.4. The number of carbonyl (C=O) groups excluding carboxylic acids is 1. The van der Waals surface area contributed by atoms with Crippen molar-refractivity contribution in [3.63, 3.8) is 0 Å². The van der Waals surface area contributed by atoms with Crippen LogP contribution >= 0.6 is 0 Å². The smallest absolute Gasteiger partial charge is 0.190 e. The highest BCUT2D eigenvalue weighted by atomic mass is 16.5. The number of ketones is 1. The van der Waals surface area contributed by atoms with Crippen LogP contribution in [0, 0.1) is 28.6 Å². The minimum absolute atomic E-state index is 0.0549. The van der Waals surface area contributed by atoms with Crippen LogP contribution in [0.15, 0.2) is 11.6 Å². The molecule has 1 spiro atoms. The van der Waals surface area contributed by atoms with E-state index in [1.54, 1.807) is 0 Å². The van der Waals surface area contributed by atoms with Crippen LogP contribution in [-0.4, -0.2) is 29.2 Å². The SMILES string of the molecule is CC12CCC(O)CC1=CCC1C2CCC2(C)C1CCC21OCC1=O. The molecule has 7 atom stereocenters. The van der Waals surface area contributed by atoms with Gasteiger partial charge in [0.1, 0.15) is 12.2 Å². The van der Waals surface area contributed by atoms with Crippen molar-refractivity contribution in [1.82, 2.24) is 0 Å². The standard InChI is InChI=1S/C21H30O3/c1-19-8-5-14(22)11-13(19)3-4-15-16(19)6-9-20(2)17(15)7-10-21(20)18(23)12-24-21/h3,14-17,22H,4-12H2,1-2H3. The van der Waals surface area contributed by atoms with Gasteiger partial charge in [0.05, 0.1) is 6.10 Å². The second kappa shape index (κ2) is 4.73. The average molecular weight is 330 g/mol. The quantitative estimate of drug-likeness (QED) is 0.690. The minimum atomic E-state index is -0.434. The molecule has 5 aliphatic rings. The molecule has 3 heteroatoms. The number of rotatable bonds is 0. The van der Waals surface area contributed by atoms with Crippen LogP contribution in [0.3, 0.4) is 0 Å². The molecule has 1 saturated heterocycles. The van der Waals surface area contributed by atoms with E-state index in [0.717, 1.165) is 50.9 Å². The number of carbonyl (C=O) groups is 1. The molecule has 3 nitrogen and oxygen atoms in total. The summed E-state index contributed by atoms with van der Waals surface area (Å²) in [5.74, 6) is 2.42. The van der Waals surface area contributed by atoms with Crippen LogP contribution in [0.4, 0.5) is 0 Å². The number of Topliss-reactive ketones (excluding diaryl/α,β-unsaturated/α-hetero) is 1. The lowest BCUT2D eigenvalue weighted by atomic mass is 9.46. The molecule has 0 amide bonds. The van der Waals surface area contributed by atoms with E-state index < -0.39 is 5.60 Å². The van der Waals surface area contributed by atoms with E-state index in [4.69, 9.17) is 4.74 Å². The molecule has 1 heterocycles. The number of aliphatic hydroxyl groups excluding tert-OH is 1. The monoisotopic (exact) mass is 330 g/mol. The van der Waals surface area contributed by atoms with Crippen LogP contribution in [0.1, 0.15) is 65.2 Å². The third-order valence-electron chi connectivity index (χ3n) is 9.10. The van der Waals surface area contributed by atoms with Gasteiger partial charge in [0.25, 0.3) is 0 Å². The van der Waals surface area contributed by atoms with E-state index in [1.165, 1.54) is 12.0 Å². The van der Waals surface area contributed by atoms with Gasteiger partial charge >= 0.3 is 0 Å². The Morgan fingerprint density at radius 3 is 2.62 bits per heavy atom. The molecule has 1 aliphatic heterocycles. The highest BCUT2D eigenvalue weighted by Gasteiger charge is 2.70. The van der Waals surface area contributed by atoms with Crippen molar-refractivity contribution in [3.05, 3.63) is 11.6 Å². The van der Waals surface area contributed by atoms with Gasteiger partial charge in [-0.25, -0.2) is 0 Å². The highest BCUT2D eigenvalue weighted by molar-refractivity contribution is 5.94. The Kier molecular flexibility index (Phi) is 3.07. The molecular weight excluding hydrogens is 300 g/mol. The van der Waals surface area contributed by atoms with Crippen molar-refractivity contribution < 1.29 is 14.6 Å². The maximum absolute atomic E-state index is 12.4. The molecule has 0 aromatic carbocycles. The first-order chi connectivity index (χ1) is 11.4. The molecular formula is C21H30O3. The van der Waals surface area contributed by atoms with Crippen molar-refractivity contribution in [2.45, 2.75) is 76.9 Å². The fourth-order valence-corrected chi connectivity index (χ4v) is 7.64. The molecule has 4 aliphatic carbocycles. The molecule has 0 aromatic rings. The summed E-state index contributed by atoms with van der Waals surface area (Å²) in [6.07, 6.45) is 10.9. The summed E-state index contributed by atoms with van der Waals surface area (Å²) in [5, 5.41) is 10.1. The Hall–Kier alpha value is -0.670. The molecule has 7 unspecified atom stereocenters. The molecule has 24 heavy (non-hydrogen) atoms. The molecule has 0 radical (unpaired) electrons. The zero-order valence-electron chi connectivity index (χ0n) is 15.0. The lowest BCUT2D eigenvalue weighted by molar-refractivity contribution is -0.214. The van der Waals surface area contributed by atoms with Gasteiger partial charge in [-0.15, -0.1) is 0 Å². The number of fused-ring (bicyclic) bond motifs is 6. The molecule has 0 aromatic heterocycles. The second-order valence-corrected chi connectivity index (χ2v) is 9.69. The van der Waals surface area contributed by atoms with Gasteiger partial charge in [-0.2, -0.15) is 0 Å². The van der Waals surface area contributed by atoms with Gasteiger partial charge in [-0.1, -0.05) is 25.5 Å². The predicted octanol–water partition coefficient (Wildman–Crippen LogP) is 3.65. The second-order valence-electron chi connectivity index (χ2n) is 9.69. The Bertz CT molecular complexity index is 625. The lowest BCUT2D eigenvalue weighted by Gasteiger charge is -2.60. The van der Waals surface area contributed by atoms with Crippen LogP contribution in [0.2, 0.25) is 0 Å². The van der Waals surface area contributed by atoms with E-state index in [-0.39, 0.29) is 16.9 Å². The van der Waals surface area contributed by atoms with Gasteiger partial charge < -0.3 is 9.84 Å². The van der Waals surface area contributed by atoms with Crippen LogP contribution in [0.5, 0.6) is 0 Å². The lowest BCUT2D eigenvalue weighted by Crippen LogP contribution is -2.65. The van der Waals surface area contributed by atoms with Crippen molar-refractivity contribution >= 4 is 5.78 Å². The predicted molar refractivity (Wildman–Crippen MR) is 91.4 cm³/mol. The summed E-state index contributed by atoms with van der Waals surface area (Å²) in [6, 6.07) is 0. The number of ether oxygens (including phenoxy) is 1. The highest BCUT2D eigenvalue weighted by Crippen LogP contribution is 2.69. The van der Waals surface area contributed by atoms with Crippen LogP contribution in [-0.2, 0) is 9.53 Å². The van der Waals surface area contributed by atoms with E-state index >= 15 is 0 Å². The Morgan fingerprint density at radius 2 is 1.92 bits per heavy atom. The van der Waals surface area contributed by atoms with Crippen molar-refractivity contribution in [1.29, 1.82) is 0 Å². The first kappa shape index (κ1) is 15.6. The Labute approximate surface area is 144 Å². The van der Waals surface area contributed by atoms with E-state index in [2.05, 4.69) is 19.9 Å². The maximum atomic E-state index is 12.4. The Balaban J connectivity index is 1.50. The van der Waals surface area contributed by atoms with E-state index in [9.17, 15) is 9.90 Å². The van der Waals surface area contributed by atoms with Crippen LogP contribution < -0.4 is 0 Å². The number of aliphatic hydroxyl groups is 1. The molecule has 4 fully saturated rings. The van der Waals surface area contributed by atoms with Gasteiger partial charge in [0, 0.05) is 5.41 Å². The summed E-state index contributed by atoms with van der Waals surface area (Å²) < 4.78 is 5.99. The largest absolute Gasteiger partial charge is 0.393 e.